The number of carbonyl (C=O) groups excluding carboxylic acids is 2. The van der Waals surface area contributed by atoms with E-state index in [2.05, 4.69) is 5.32 Å². The minimum absolute atomic E-state index is 0.0707. The quantitative estimate of drug-likeness (QED) is 0.875. The van der Waals surface area contributed by atoms with E-state index in [0.717, 1.165) is 12.8 Å². The Morgan fingerprint density at radius 2 is 2.10 bits per heavy atom. The lowest BCUT2D eigenvalue weighted by molar-refractivity contribution is -0.114. The van der Waals surface area contributed by atoms with Gasteiger partial charge in [-0.15, -0.1) is 0 Å². The maximum atomic E-state index is 12.3. The summed E-state index contributed by atoms with van der Waals surface area (Å²) in [5.41, 5.74) is 1.18. The molecule has 1 fully saturated rings. The molecule has 0 aliphatic heterocycles. The van der Waals surface area contributed by atoms with Crippen LogP contribution in [0.4, 0.5) is 5.69 Å². The van der Waals surface area contributed by atoms with E-state index in [4.69, 9.17) is 0 Å². The number of rotatable bonds is 4. The predicted octanol–water partition coefficient (Wildman–Crippen LogP) is 1.49. The van der Waals surface area contributed by atoms with Crippen molar-refractivity contribution in [3.05, 3.63) is 29.8 Å². The smallest absolute Gasteiger partial charge is 0.253 e. The molecular formula is C15H20N2O3. The van der Waals surface area contributed by atoms with Crippen molar-refractivity contribution in [3.63, 3.8) is 0 Å². The second-order valence-electron chi connectivity index (χ2n) is 5.44. The normalized spacial score (nSPS) is 20.9. The van der Waals surface area contributed by atoms with Crippen LogP contribution >= 0.6 is 0 Å². The molecule has 5 heteroatoms. The van der Waals surface area contributed by atoms with E-state index in [-0.39, 0.29) is 17.9 Å². The number of anilines is 1. The lowest BCUT2D eigenvalue weighted by atomic mass is 9.82. The molecule has 0 unspecified atom stereocenters. The highest BCUT2D eigenvalue weighted by molar-refractivity contribution is 5.96. The summed E-state index contributed by atoms with van der Waals surface area (Å²) in [5, 5.41) is 11.9. The number of carbonyl (C=O) groups is 2. The summed E-state index contributed by atoms with van der Waals surface area (Å²) in [6.45, 7) is 2.09. The Kier molecular flexibility index (Phi) is 4.39. The van der Waals surface area contributed by atoms with Crippen LogP contribution in [0.3, 0.4) is 0 Å². The molecule has 0 aromatic heterocycles. The zero-order valence-corrected chi connectivity index (χ0v) is 11.8. The maximum Gasteiger partial charge on any atom is 0.253 e. The first-order valence-electron chi connectivity index (χ1n) is 6.77. The second-order valence-corrected chi connectivity index (χ2v) is 5.44. The van der Waals surface area contributed by atoms with Crippen molar-refractivity contribution >= 4 is 17.5 Å². The van der Waals surface area contributed by atoms with E-state index in [9.17, 15) is 14.7 Å². The monoisotopic (exact) mass is 276 g/mol. The Balaban J connectivity index is 1.98. The van der Waals surface area contributed by atoms with Gasteiger partial charge in [0.2, 0.25) is 5.91 Å². The summed E-state index contributed by atoms with van der Waals surface area (Å²) >= 11 is 0. The minimum Gasteiger partial charge on any atom is -0.393 e. The van der Waals surface area contributed by atoms with Crippen LogP contribution in [0.15, 0.2) is 24.3 Å². The van der Waals surface area contributed by atoms with Gasteiger partial charge < -0.3 is 15.3 Å². The molecule has 20 heavy (non-hydrogen) atoms. The van der Waals surface area contributed by atoms with E-state index >= 15 is 0 Å². The van der Waals surface area contributed by atoms with Crippen LogP contribution in [0.5, 0.6) is 0 Å². The molecule has 1 aliphatic rings. The molecule has 1 aliphatic carbocycles. The van der Waals surface area contributed by atoms with E-state index in [1.807, 2.05) is 0 Å². The summed E-state index contributed by atoms with van der Waals surface area (Å²) in [6, 6.07) is 6.91. The summed E-state index contributed by atoms with van der Waals surface area (Å²) in [5.74, 6) is 0.155. The van der Waals surface area contributed by atoms with Gasteiger partial charge in [0.05, 0.1) is 6.10 Å². The van der Waals surface area contributed by atoms with Crippen molar-refractivity contribution in [1.29, 1.82) is 0 Å². The topological polar surface area (TPSA) is 69.6 Å². The number of nitrogens with one attached hydrogen (secondary N) is 1. The molecule has 0 saturated heterocycles. The van der Waals surface area contributed by atoms with Crippen molar-refractivity contribution in [1.82, 2.24) is 4.90 Å². The summed E-state index contributed by atoms with van der Waals surface area (Å²) in [7, 11) is 1.76. The SMILES string of the molecule is CC(=O)Nc1cccc(C(=O)N(C)CC2CC(O)C2)c1. The van der Waals surface area contributed by atoms with Crippen LogP contribution in [0.2, 0.25) is 0 Å². The third-order valence-electron chi connectivity index (χ3n) is 3.52. The number of hydrogen-bond acceptors (Lipinski definition) is 3. The summed E-state index contributed by atoms with van der Waals surface area (Å²) in [6.07, 6.45) is 1.33. The number of nitrogens with zero attached hydrogens (tertiary/aromatic N) is 1. The van der Waals surface area contributed by atoms with Crippen LogP contribution in [-0.4, -0.2) is 41.5 Å². The first kappa shape index (κ1) is 14.5. The highest BCUT2D eigenvalue weighted by Crippen LogP contribution is 2.28. The van der Waals surface area contributed by atoms with Crippen LogP contribution < -0.4 is 5.32 Å². The van der Waals surface area contributed by atoms with Crippen LogP contribution in [0.1, 0.15) is 30.1 Å². The maximum absolute atomic E-state index is 12.3. The fourth-order valence-electron chi connectivity index (χ4n) is 2.47. The Bertz CT molecular complexity index is 510. The summed E-state index contributed by atoms with van der Waals surface area (Å²) in [4.78, 5) is 25.0. The van der Waals surface area contributed by atoms with Crippen molar-refractivity contribution in [3.8, 4) is 0 Å². The van der Waals surface area contributed by atoms with Crippen molar-refractivity contribution in [2.24, 2.45) is 5.92 Å². The van der Waals surface area contributed by atoms with Gasteiger partial charge in [-0.25, -0.2) is 0 Å². The lowest BCUT2D eigenvalue weighted by Gasteiger charge is -2.34. The average molecular weight is 276 g/mol. The van der Waals surface area contributed by atoms with Gasteiger partial charge in [0, 0.05) is 31.8 Å². The van der Waals surface area contributed by atoms with Crippen LogP contribution in [-0.2, 0) is 4.79 Å². The van der Waals surface area contributed by atoms with Crippen LogP contribution in [0.25, 0.3) is 0 Å². The first-order chi connectivity index (χ1) is 9.45. The van der Waals surface area contributed by atoms with Gasteiger partial charge in [0.1, 0.15) is 0 Å². The zero-order chi connectivity index (χ0) is 14.7. The fraction of sp³-hybridized carbons (Fsp3) is 0.467. The Hall–Kier alpha value is -1.88. The van der Waals surface area contributed by atoms with E-state index in [1.54, 1.807) is 36.2 Å². The van der Waals surface area contributed by atoms with E-state index in [0.29, 0.717) is 23.7 Å². The van der Waals surface area contributed by atoms with Crippen molar-refractivity contribution < 1.29 is 14.7 Å². The Morgan fingerprint density at radius 1 is 1.40 bits per heavy atom. The number of benzene rings is 1. The van der Waals surface area contributed by atoms with Gasteiger partial charge in [0.25, 0.3) is 5.91 Å². The van der Waals surface area contributed by atoms with Gasteiger partial charge >= 0.3 is 0 Å². The Labute approximate surface area is 118 Å². The number of hydrogen-bond donors (Lipinski definition) is 2. The summed E-state index contributed by atoms with van der Waals surface area (Å²) < 4.78 is 0. The number of aliphatic hydroxyl groups excluding tert-OH is 1. The van der Waals surface area contributed by atoms with Gasteiger partial charge in [-0.2, -0.15) is 0 Å². The largest absolute Gasteiger partial charge is 0.393 e. The molecule has 0 atom stereocenters. The van der Waals surface area contributed by atoms with Crippen LogP contribution in [0, 0.1) is 5.92 Å². The van der Waals surface area contributed by atoms with E-state index < -0.39 is 0 Å². The second kappa shape index (κ2) is 6.05. The first-order valence-corrected chi connectivity index (χ1v) is 6.77. The fourth-order valence-corrected chi connectivity index (χ4v) is 2.47. The van der Waals surface area contributed by atoms with Gasteiger partial charge in [-0.3, -0.25) is 9.59 Å². The van der Waals surface area contributed by atoms with Gasteiger partial charge in [-0.1, -0.05) is 6.07 Å². The zero-order valence-electron chi connectivity index (χ0n) is 11.8. The molecule has 1 saturated carbocycles. The van der Waals surface area contributed by atoms with E-state index in [1.165, 1.54) is 6.92 Å². The standard InChI is InChI=1S/C15H20N2O3/c1-10(18)16-13-5-3-4-12(8-13)15(20)17(2)9-11-6-14(19)7-11/h3-5,8,11,14,19H,6-7,9H2,1-2H3,(H,16,18). The number of amides is 2. The lowest BCUT2D eigenvalue weighted by Crippen LogP contribution is -2.39. The molecular weight excluding hydrogens is 256 g/mol. The van der Waals surface area contributed by atoms with Crippen molar-refractivity contribution in [2.75, 3.05) is 18.9 Å². The van der Waals surface area contributed by atoms with Crippen molar-refractivity contribution in [2.45, 2.75) is 25.9 Å². The molecule has 0 heterocycles. The van der Waals surface area contributed by atoms with Gasteiger partial charge in [0.15, 0.2) is 0 Å². The molecule has 2 amide bonds. The molecule has 0 bridgehead atoms. The predicted molar refractivity (Wildman–Crippen MR) is 76.4 cm³/mol. The molecule has 0 spiro atoms. The number of aliphatic hydroxyl groups is 1. The minimum atomic E-state index is -0.202. The van der Waals surface area contributed by atoms with Gasteiger partial charge in [-0.05, 0) is 37.0 Å². The molecule has 1 aromatic rings. The molecule has 0 radical (unpaired) electrons. The molecule has 5 nitrogen and oxygen atoms in total. The molecule has 108 valence electrons. The highest BCUT2D eigenvalue weighted by Gasteiger charge is 2.29. The third kappa shape index (κ3) is 3.57. The molecule has 2 N–H and O–H groups in total. The molecule has 1 aromatic carbocycles. The Morgan fingerprint density at radius 3 is 2.70 bits per heavy atom. The molecule has 2 rings (SSSR count). The third-order valence-corrected chi connectivity index (χ3v) is 3.52. The average Bonchev–Trinajstić information content (AvgIpc) is 2.35. The highest BCUT2D eigenvalue weighted by atomic mass is 16.3.